The van der Waals surface area contributed by atoms with E-state index in [2.05, 4.69) is 18.8 Å². The molecule has 15 heavy (non-hydrogen) atoms. The van der Waals surface area contributed by atoms with Crippen LogP contribution in [0.5, 0.6) is 0 Å². The first-order chi connectivity index (χ1) is 7.29. The predicted octanol–water partition coefficient (Wildman–Crippen LogP) is 1.12. The normalized spacial score (nSPS) is 21.0. The lowest BCUT2D eigenvalue weighted by Gasteiger charge is -2.28. The molecule has 1 heterocycles. The Hall–Kier alpha value is -0.480. The fourth-order valence-corrected chi connectivity index (χ4v) is 2.59. The maximum Gasteiger partial charge on any atom is 0.240 e. The third-order valence-corrected chi connectivity index (χ3v) is 3.44. The maximum atomic E-state index is 12.1. The molecule has 1 unspecified atom stereocenters. The molecule has 0 aliphatic carbocycles. The van der Waals surface area contributed by atoms with E-state index >= 15 is 0 Å². The third kappa shape index (κ3) is 3.87. The van der Waals surface area contributed by atoms with Gasteiger partial charge in [0.25, 0.3) is 0 Å². The highest BCUT2D eigenvalue weighted by molar-refractivity contribution is 7.99. The second-order valence-electron chi connectivity index (χ2n) is 3.65. The van der Waals surface area contributed by atoms with Crippen molar-refractivity contribution in [1.82, 2.24) is 10.2 Å². The van der Waals surface area contributed by atoms with Crippen molar-refractivity contribution in [1.29, 1.82) is 0 Å². The molecule has 0 aromatic carbocycles. The van der Waals surface area contributed by atoms with Crippen LogP contribution in [0.4, 0.5) is 0 Å². The molecule has 3 nitrogen and oxygen atoms in total. The van der Waals surface area contributed by atoms with Gasteiger partial charge in [-0.1, -0.05) is 13.0 Å². The Morgan fingerprint density at radius 1 is 1.73 bits per heavy atom. The van der Waals surface area contributed by atoms with Gasteiger partial charge in [-0.2, -0.15) is 11.8 Å². The fourth-order valence-electron chi connectivity index (χ4n) is 1.66. The van der Waals surface area contributed by atoms with Gasteiger partial charge < -0.3 is 10.2 Å². The van der Waals surface area contributed by atoms with E-state index in [-0.39, 0.29) is 11.9 Å². The van der Waals surface area contributed by atoms with Crippen molar-refractivity contribution in [3.63, 3.8) is 0 Å². The molecule has 0 spiro atoms. The molecule has 1 atom stereocenters. The summed E-state index contributed by atoms with van der Waals surface area (Å²) in [6.45, 7) is 8.21. The number of nitrogens with one attached hydrogen (secondary N) is 1. The summed E-state index contributed by atoms with van der Waals surface area (Å²) in [6, 6.07) is 0.00949. The Morgan fingerprint density at radius 2 is 2.53 bits per heavy atom. The van der Waals surface area contributed by atoms with Crippen LogP contribution >= 0.6 is 11.8 Å². The van der Waals surface area contributed by atoms with E-state index in [1.54, 1.807) is 6.08 Å². The molecule has 1 aliphatic rings. The summed E-state index contributed by atoms with van der Waals surface area (Å²) in [7, 11) is 0. The number of hydrogen-bond donors (Lipinski definition) is 1. The topological polar surface area (TPSA) is 32.3 Å². The van der Waals surface area contributed by atoms with Crippen LogP contribution in [0.3, 0.4) is 0 Å². The molecule has 0 bridgehead atoms. The van der Waals surface area contributed by atoms with Gasteiger partial charge in [-0.15, -0.1) is 6.58 Å². The molecule has 1 N–H and O–H groups in total. The lowest BCUT2D eigenvalue weighted by atomic mass is 10.2. The molecule has 0 radical (unpaired) electrons. The largest absolute Gasteiger partial charge is 0.338 e. The Morgan fingerprint density at radius 3 is 3.07 bits per heavy atom. The molecule has 1 rings (SSSR count). The molecule has 1 fully saturated rings. The zero-order valence-electron chi connectivity index (χ0n) is 9.37. The maximum absolute atomic E-state index is 12.1. The van der Waals surface area contributed by atoms with Gasteiger partial charge in [0.2, 0.25) is 5.91 Å². The van der Waals surface area contributed by atoms with E-state index in [1.807, 2.05) is 16.7 Å². The third-order valence-electron chi connectivity index (χ3n) is 2.37. The van der Waals surface area contributed by atoms with Crippen LogP contribution in [0.1, 0.15) is 13.3 Å². The zero-order valence-corrected chi connectivity index (χ0v) is 10.2. The minimum atomic E-state index is 0.00949. The lowest BCUT2D eigenvalue weighted by molar-refractivity contribution is -0.132. The minimum absolute atomic E-state index is 0.00949. The molecule has 4 heteroatoms. The average molecular weight is 228 g/mol. The van der Waals surface area contributed by atoms with Gasteiger partial charge >= 0.3 is 0 Å². The van der Waals surface area contributed by atoms with Crippen LogP contribution in [0.25, 0.3) is 0 Å². The highest BCUT2D eigenvalue weighted by Crippen LogP contribution is 2.10. The van der Waals surface area contributed by atoms with Gasteiger partial charge in [0.05, 0.1) is 6.04 Å². The first-order valence-electron chi connectivity index (χ1n) is 5.50. The molecular weight excluding hydrogens is 208 g/mol. The minimum Gasteiger partial charge on any atom is -0.338 e. The van der Waals surface area contributed by atoms with Crippen LogP contribution in [0.2, 0.25) is 0 Å². The molecule has 1 saturated heterocycles. The van der Waals surface area contributed by atoms with Crippen LogP contribution < -0.4 is 5.32 Å². The van der Waals surface area contributed by atoms with E-state index in [0.717, 1.165) is 31.0 Å². The van der Waals surface area contributed by atoms with Crippen molar-refractivity contribution >= 4 is 17.7 Å². The van der Waals surface area contributed by atoms with Gasteiger partial charge in [0, 0.05) is 31.1 Å². The molecule has 0 aromatic heterocycles. The van der Waals surface area contributed by atoms with Crippen molar-refractivity contribution in [2.75, 3.05) is 31.1 Å². The van der Waals surface area contributed by atoms with Crippen molar-refractivity contribution in [2.45, 2.75) is 19.4 Å². The SMILES string of the molecule is C=CCN(CCC)C(=O)C1CSCCN1. The lowest BCUT2D eigenvalue weighted by Crippen LogP contribution is -2.50. The number of thioether (sulfide) groups is 1. The summed E-state index contributed by atoms with van der Waals surface area (Å²) in [5.41, 5.74) is 0. The Balaban J connectivity index is 2.48. The Kier molecular flexibility index (Phi) is 5.79. The van der Waals surface area contributed by atoms with Gasteiger partial charge in [0.1, 0.15) is 0 Å². The number of nitrogens with zero attached hydrogens (tertiary/aromatic N) is 1. The average Bonchev–Trinajstić information content (AvgIpc) is 2.29. The van der Waals surface area contributed by atoms with E-state index in [1.165, 1.54) is 0 Å². The van der Waals surface area contributed by atoms with Crippen LogP contribution in [0.15, 0.2) is 12.7 Å². The quantitative estimate of drug-likeness (QED) is 0.716. The molecule has 86 valence electrons. The Bertz CT molecular complexity index is 215. The second kappa shape index (κ2) is 6.90. The number of carbonyl (C=O) groups is 1. The second-order valence-corrected chi connectivity index (χ2v) is 4.80. The van der Waals surface area contributed by atoms with Crippen LogP contribution in [0, 0.1) is 0 Å². The van der Waals surface area contributed by atoms with E-state index in [0.29, 0.717) is 6.54 Å². The summed E-state index contributed by atoms with van der Waals surface area (Å²) in [4.78, 5) is 14.0. The standard InChI is InChI=1S/C11H20N2OS/c1-3-6-13(7-4-2)11(14)10-9-15-8-5-12-10/h3,10,12H,1,4-9H2,2H3. The smallest absolute Gasteiger partial charge is 0.240 e. The summed E-state index contributed by atoms with van der Waals surface area (Å²) in [6.07, 6.45) is 2.79. The fraction of sp³-hybridized carbons (Fsp3) is 0.727. The monoisotopic (exact) mass is 228 g/mol. The summed E-state index contributed by atoms with van der Waals surface area (Å²) >= 11 is 1.85. The first-order valence-corrected chi connectivity index (χ1v) is 6.65. The highest BCUT2D eigenvalue weighted by Gasteiger charge is 2.24. The highest BCUT2D eigenvalue weighted by atomic mass is 32.2. The van der Waals surface area contributed by atoms with Crippen LogP contribution in [-0.2, 0) is 4.79 Å². The van der Waals surface area contributed by atoms with Gasteiger partial charge in [0.15, 0.2) is 0 Å². The predicted molar refractivity (Wildman–Crippen MR) is 66.2 cm³/mol. The van der Waals surface area contributed by atoms with Crippen molar-refractivity contribution in [3.8, 4) is 0 Å². The van der Waals surface area contributed by atoms with E-state index < -0.39 is 0 Å². The molecule has 1 aliphatic heterocycles. The van der Waals surface area contributed by atoms with Crippen LogP contribution in [-0.4, -0.2) is 48.0 Å². The Labute approximate surface area is 96.3 Å². The van der Waals surface area contributed by atoms with E-state index in [9.17, 15) is 4.79 Å². The van der Waals surface area contributed by atoms with Crippen molar-refractivity contribution in [2.24, 2.45) is 0 Å². The number of hydrogen-bond acceptors (Lipinski definition) is 3. The van der Waals surface area contributed by atoms with E-state index in [4.69, 9.17) is 0 Å². The molecule has 0 aromatic rings. The van der Waals surface area contributed by atoms with Crippen molar-refractivity contribution < 1.29 is 4.79 Å². The van der Waals surface area contributed by atoms with Crippen molar-refractivity contribution in [3.05, 3.63) is 12.7 Å². The summed E-state index contributed by atoms with van der Waals surface area (Å²) in [5, 5.41) is 3.27. The molecular formula is C11H20N2OS. The summed E-state index contributed by atoms with van der Waals surface area (Å²) in [5.74, 6) is 2.24. The zero-order chi connectivity index (χ0) is 11.1. The van der Waals surface area contributed by atoms with Gasteiger partial charge in [-0.25, -0.2) is 0 Å². The molecule has 0 saturated carbocycles. The van der Waals surface area contributed by atoms with Gasteiger partial charge in [-0.05, 0) is 6.42 Å². The first kappa shape index (κ1) is 12.6. The summed E-state index contributed by atoms with van der Waals surface area (Å²) < 4.78 is 0. The van der Waals surface area contributed by atoms with Gasteiger partial charge in [-0.3, -0.25) is 4.79 Å². The number of amides is 1. The number of carbonyl (C=O) groups excluding carboxylic acids is 1. The number of rotatable bonds is 5. The molecule has 1 amide bonds.